The van der Waals surface area contributed by atoms with Gasteiger partial charge < -0.3 is 14.6 Å². The molecule has 4 rings (SSSR count). The van der Waals surface area contributed by atoms with Crippen molar-refractivity contribution < 1.29 is 9.53 Å². The van der Waals surface area contributed by atoms with E-state index in [2.05, 4.69) is 21.1 Å². The Bertz CT molecular complexity index is 738. The van der Waals surface area contributed by atoms with E-state index in [1.807, 2.05) is 31.2 Å². The highest BCUT2D eigenvalue weighted by atomic mass is 16.5. The maximum atomic E-state index is 12.6. The van der Waals surface area contributed by atoms with Gasteiger partial charge in [0.1, 0.15) is 18.2 Å². The van der Waals surface area contributed by atoms with Crippen LogP contribution in [0, 0.1) is 12.8 Å². The van der Waals surface area contributed by atoms with Crippen molar-refractivity contribution in [2.24, 2.45) is 5.92 Å². The third kappa shape index (κ3) is 2.83. The first-order valence-corrected chi connectivity index (χ1v) is 8.23. The zero-order chi connectivity index (χ0) is 15.8. The Kier molecular flexibility index (Phi) is 3.56. The first kappa shape index (κ1) is 14.3. The SMILES string of the molecule is Cc1cn2c(n1)CC[C@@H](NC(=O)[C@@H]1COc3ccccc3C1)C2. The Morgan fingerprint density at radius 3 is 3.17 bits per heavy atom. The maximum Gasteiger partial charge on any atom is 0.227 e. The van der Waals surface area contributed by atoms with Crippen LogP contribution in [0.4, 0.5) is 0 Å². The Balaban J connectivity index is 1.39. The maximum absolute atomic E-state index is 12.6. The van der Waals surface area contributed by atoms with Crippen LogP contribution in [0.1, 0.15) is 23.5 Å². The zero-order valence-corrected chi connectivity index (χ0v) is 13.3. The third-order valence-electron chi connectivity index (χ3n) is 4.71. The van der Waals surface area contributed by atoms with Gasteiger partial charge in [0.25, 0.3) is 0 Å². The van der Waals surface area contributed by atoms with E-state index in [0.717, 1.165) is 48.6 Å². The molecule has 0 saturated carbocycles. The molecule has 2 aliphatic heterocycles. The quantitative estimate of drug-likeness (QED) is 0.921. The number of amides is 1. The van der Waals surface area contributed by atoms with Gasteiger partial charge in [0.2, 0.25) is 5.91 Å². The summed E-state index contributed by atoms with van der Waals surface area (Å²) in [7, 11) is 0. The molecule has 0 unspecified atom stereocenters. The number of nitrogens with zero attached hydrogens (tertiary/aromatic N) is 2. The van der Waals surface area contributed by atoms with Gasteiger partial charge >= 0.3 is 0 Å². The number of hydrogen-bond donors (Lipinski definition) is 1. The van der Waals surface area contributed by atoms with E-state index >= 15 is 0 Å². The number of aromatic nitrogens is 2. The molecule has 2 aromatic rings. The summed E-state index contributed by atoms with van der Waals surface area (Å²) in [6, 6.07) is 8.14. The first-order chi connectivity index (χ1) is 11.2. The van der Waals surface area contributed by atoms with E-state index in [4.69, 9.17) is 4.74 Å². The Hall–Kier alpha value is -2.30. The smallest absolute Gasteiger partial charge is 0.227 e. The lowest BCUT2D eigenvalue weighted by Gasteiger charge is -2.29. The number of aryl methyl sites for hydroxylation is 2. The highest BCUT2D eigenvalue weighted by Gasteiger charge is 2.28. The van der Waals surface area contributed by atoms with Crippen molar-refractivity contribution in [2.45, 2.75) is 38.8 Å². The van der Waals surface area contributed by atoms with Crippen LogP contribution in [0.3, 0.4) is 0 Å². The van der Waals surface area contributed by atoms with E-state index in [9.17, 15) is 4.79 Å². The number of rotatable bonds is 2. The first-order valence-electron chi connectivity index (χ1n) is 8.23. The zero-order valence-electron chi connectivity index (χ0n) is 13.3. The van der Waals surface area contributed by atoms with E-state index < -0.39 is 0 Å². The number of nitrogens with one attached hydrogen (secondary N) is 1. The lowest BCUT2D eigenvalue weighted by Crippen LogP contribution is -2.46. The minimum absolute atomic E-state index is 0.101. The van der Waals surface area contributed by atoms with Crippen LogP contribution in [0.15, 0.2) is 30.5 Å². The molecule has 1 aromatic heterocycles. The predicted molar refractivity (Wildman–Crippen MR) is 86.3 cm³/mol. The second-order valence-electron chi connectivity index (χ2n) is 6.51. The molecule has 5 heteroatoms. The van der Waals surface area contributed by atoms with Crippen LogP contribution >= 0.6 is 0 Å². The van der Waals surface area contributed by atoms with Crippen molar-refractivity contribution >= 4 is 5.91 Å². The Morgan fingerprint density at radius 2 is 2.26 bits per heavy atom. The number of para-hydroxylation sites is 1. The van der Waals surface area contributed by atoms with Gasteiger partial charge in [-0.3, -0.25) is 4.79 Å². The highest BCUT2D eigenvalue weighted by Crippen LogP contribution is 2.27. The fourth-order valence-corrected chi connectivity index (χ4v) is 3.52. The molecule has 0 radical (unpaired) electrons. The summed E-state index contributed by atoms with van der Waals surface area (Å²) in [5, 5.41) is 3.20. The molecule has 1 N–H and O–H groups in total. The third-order valence-corrected chi connectivity index (χ3v) is 4.71. The standard InChI is InChI=1S/C18H21N3O2/c1-12-9-21-10-15(6-7-17(21)19-12)20-18(22)14-8-13-4-2-3-5-16(13)23-11-14/h2-5,9,14-15H,6-8,10-11H2,1H3,(H,20,22)/t14-,15+/m0/s1. The van der Waals surface area contributed by atoms with Gasteiger partial charge in [-0.05, 0) is 31.4 Å². The lowest BCUT2D eigenvalue weighted by atomic mass is 9.95. The van der Waals surface area contributed by atoms with E-state index in [1.165, 1.54) is 0 Å². The number of ether oxygens (including phenoxy) is 1. The van der Waals surface area contributed by atoms with Gasteiger partial charge in [0.15, 0.2) is 0 Å². The van der Waals surface area contributed by atoms with Crippen molar-refractivity contribution in [3.8, 4) is 5.75 Å². The van der Waals surface area contributed by atoms with Crippen LogP contribution in [0.5, 0.6) is 5.75 Å². The second-order valence-corrected chi connectivity index (χ2v) is 6.51. The van der Waals surface area contributed by atoms with Crippen LogP contribution < -0.4 is 10.1 Å². The molecule has 2 atom stereocenters. The summed E-state index contributed by atoms with van der Waals surface area (Å²) in [6.07, 6.45) is 4.69. The highest BCUT2D eigenvalue weighted by molar-refractivity contribution is 5.80. The number of carbonyl (C=O) groups excluding carboxylic acids is 1. The molecular formula is C18H21N3O2. The molecule has 2 aliphatic rings. The fourth-order valence-electron chi connectivity index (χ4n) is 3.52. The van der Waals surface area contributed by atoms with Gasteiger partial charge in [0.05, 0.1) is 11.6 Å². The van der Waals surface area contributed by atoms with Crippen molar-refractivity contribution in [2.75, 3.05) is 6.61 Å². The van der Waals surface area contributed by atoms with Gasteiger partial charge in [-0.1, -0.05) is 18.2 Å². The van der Waals surface area contributed by atoms with Gasteiger partial charge in [0, 0.05) is 25.2 Å². The number of fused-ring (bicyclic) bond motifs is 2. The average molecular weight is 311 g/mol. The van der Waals surface area contributed by atoms with Crippen molar-refractivity contribution in [3.63, 3.8) is 0 Å². The van der Waals surface area contributed by atoms with Gasteiger partial charge in [-0.2, -0.15) is 0 Å². The molecule has 0 saturated heterocycles. The Morgan fingerprint density at radius 1 is 1.39 bits per heavy atom. The molecule has 0 bridgehead atoms. The van der Waals surface area contributed by atoms with Crippen molar-refractivity contribution in [1.29, 1.82) is 0 Å². The van der Waals surface area contributed by atoms with Gasteiger partial charge in [-0.15, -0.1) is 0 Å². The summed E-state index contributed by atoms with van der Waals surface area (Å²) in [5.41, 5.74) is 2.17. The van der Waals surface area contributed by atoms with Crippen LogP contribution in [-0.2, 0) is 24.2 Å². The monoisotopic (exact) mass is 311 g/mol. The molecule has 0 aliphatic carbocycles. The summed E-state index contributed by atoms with van der Waals surface area (Å²) in [6.45, 7) is 3.28. The molecule has 0 spiro atoms. The minimum Gasteiger partial charge on any atom is -0.492 e. The van der Waals surface area contributed by atoms with Crippen LogP contribution in [0.2, 0.25) is 0 Å². The summed E-state index contributed by atoms with van der Waals surface area (Å²) >= 11 is 0. The molecule has 1 aromatic carbocycles. The molecule has 1 amide bonds. The molecule has 0 fully saturated rings. The number of imidazole rings is 1. The fraction of sp³-hybridized carbons (Fsp3) is 0.444. The van der Waals surface area contributed by atoms with Gasteiger partial charge in [-0.25, -0.2) is 4.98 Å². The second kappa shape index (κ2) is 5.72. The number of carbonyl (C=O) groups is 1. The van der Waals surface area contributed by atoms with Crippen molar-refractivity contribution in [3.05, 3.63) is 47.5 Å². The minimum atomic E-state index is -0.101. The van der Waals surface area contributed by atoms with E-state index in [0.29, 0.717) is 6.61 Å². The number of hydrogen-bond acceptors (Lipinski definition) is 3. The molecule has 3 heterocycles. The van der Waals surface area contributed by atoms with Crippen LogP contribution in [-0.4, -0.2) is 28.1 Å². The predicted octanol–water partition coefficient (Wildman–Crippen LogP) is 1.87. The molecular weight excluding hydrogens is 290 g/mol. The molecule has 23 heavy (non-hydrogen) atoms. The summed E-state index contributed by atoms with van der Waals surface area (Å²) in [5.74, 6) is 2.04. The Labute approximate surface area is 135 Å². The van der Waals surface area contributed by atoms with E-state index in [1.54, 1.807) is 0 Å². The molecule has 5 nitrogen and oxygen atoms in total. The van der Waals surface area contributed by atoms with Crippen molar-refractivity contribution in [1.82, 2.24) is 14.9 Å². The summed E-state index contributed by atoms with van der Waals surface area (Å²) in [4.78, 5) is 17.1. The number of benzene rings is 1. The van der Waals surface area contributed by atoms with E-state index in [-0.39, 0.29) is 17.9 Å². The molecule has 120 valence electrons. The normalized spacial score (nSPS) is 22.7. The largest absolute Gasteiger partial charge is 0.492 e. The summed E-state index contributed by atoms with van der Waals surface area (Å²) < 4.78 is 7.89. The van der Waals surface area contributed by atoms with Crippen LogP contribution in [0.25, 0.3) is 0 Å². The average Bonchev–Trinajstić information content (AvgIpc) is 2.93. The topological polar surface area (TPSA) is 56.2 Å². The lowest BCUT2D eigenvalue weighted by molar-refractivity contribution is -0.127.